The molecule has 2 N–H and O–H groups in total. The van der Waals surface area contributed by atoms with E-state index in [9.17, 15) is 14.7 Å². The molecule has 2 atom stereocenters. The highest BCUT2D eigenvalue weighted by Crippen LogP contribution is 2.37. The average Bonchev–Trinajstić information content (AvgIpc) is 3.01. The van der Waals surface area contributed by atoms with E-state index in [1.165, 1.54) is 17.5 Å². The SMILES string of the molecule is CCCCN1C(=O)[C@@H]([C@H](O)C2CCCCC2)NC(=O)C12CCN(Cc1ccc(Oc3ccc(C(C)(C)C)cc3)cc1)CC2.Cl. The fourth-order valence-electron chi connectivity index (χ4n) is 7.12. The second-order valence-corrected chi connectivity index (χ2v) is 14.0. The molecule has 2 aromatic rings. The Kier molecular flexibility index (Phi) is 11.4. The van der Waals surface area contributed by atoms with Gasteiger partial charge in [0.1, 0.15) is 23.1 Å². The van der Waals surface area contributed by atoms with Crippen LogP contribution < -0.4 is 10.1 Å². The number of piperazine rings is 1. The maximum Gasteiger partial charge on any atom is 0.248 e. The number of aliphatic hydroxyl groups is 1. The van der Waals surface area contributed by atoms with Gasteiger partial charge in [-0.1, -0.05) is 77.6 Å². The maximum atomic E-state index is 13.9. The zero-order chi connectivity index (χ0) is 30.6. The van der Waals surface area contributed by atoms with Crippen molar-refractivity contribution in [3.05, 3.63) is 59.7 Å². The number of unbranched alkanes of at least 4 members (excludes halogenated alkanes) is 1. The highest BCUT2D eigenvalue weighted by Gasteiger charge is 2.55. The molecule has 0 aromatic heterocycles. The van der Waals surface area contributed by atoms with Crippen LogP contribution in [0.25, 0.3) is 0 Å². The Labute approximate surface area is 270 Å². The number of likely N-dealkylation sites (tertiary alicyclic amines) is 1. The van der Waals surface area contributed by atoms with E-state index in [4.69, 9.17) is 4.74 Å². The van der Waals surface area contributed by atoms with Gasteiger partial charge in [-0.25, -0.2) is 0 Å². The van der Waals surface area contributed by atoms with E-state index in [-0.39, 0.29) is 35.6 Å². The van der Waals surface area contributed by atoms with Crippen LogP contribution in [0.15, 0.2) is 48.5 Å². The maximum absolute atomic E-state index is 13.9. The molecular formula is C36H52ClN3O4. The quantitative estimate of drug-likeness (QED) is 0.328. The van der Waals surface area contributed by atoms with E-state index in [1.54, 1.807) is 0 Å². The number of ether oxygens (including phenoxy) is 1. The van der Waals surface area contributed by atoms with Gasteiger partial charge in [0, 0.05) is 26.2 Å². The second kappa shape index (κ2) is 14.7. The van der Waals surface area contributed by atoms with Crippen molar-refractivity contribution in [3.8, 4) is 11.5 Å². The van der Waals surface area contributed by atoms with Crippen LogP contribution in [-0.4, -0.2) is 64.0 Å². The molecule has 242 valence electrons. The molecule has 2 heterocycles. The van der Waals surface area contributed by atoms with Crippen LogP contribution in [0.2, 0.25) is 0 Å². The van der Waals surface area contributed by atoms with Gasteiger partial charge in [0.2, 0.25) is 11.8 Å². The number of hydrogen-bond donors (Lipinski definition) is 2. The van der Waals surface area contributed by atoms with Crippen LogP contribution in [0.1, 0.15) is 96.6 Å². The molecule has 1 aliphatic carbocycles. The predicted octanol–water partition coefficient (Wildman–Crippen LogP) is 6.60. The van der Waals surface area contributed by atoms with Crippen LogP contribution in [-0.2, 0) is 21.5 Å². The fourth-order valence-corrected chi connectivity index (χ4v) is 7.12. The summed E-state index contributed by atoms with van der Waals surface area (Å²) in [6.45, 7) is 11.5. The highest BCUT2D eigenvalue weighted by molar-refractivity contribution is 6.00. The highest BCUT2D eigenvalue weighted by atomic mass is 35.5. The minimum Gasteiger partial charge on any atom is -0.457 e. The monoisotopic (exact) mass is 625 g/mol. The van der Waals surface area contributed by atoms with Gasteiger partial charge in [0.25, 0.3) is 0 Å². The molecule has 2 aromatic carbocycles. The summed E-state index contributed by atoms with van der Waals surface area (Å²) in [6.07, 6.45) is 7.39. The molecule has 44 heavy (non-hydrogen) atoms. The summed E-state index contributed by atoms with van der Waals surface area (Å²) < 4.78 is 6.08. The Balaban J connectivity index is 0.00000442. The van der Waals surface area contributed by atoms with Gasteiger partial charge in [-0.2, -0.15) is 0 Å². The second-order valence-electron chi connectivity index (χ2n) is 14.0. The molecule has 5 rings (SSSR count). The van der Waals surface area contributed by atoms with Crippen molar-refractivity contribution in [1.29, 1.82) is 0 Å². The van der Waals surface area contributed by atoms with E-state index < -0.39 is 17.7 Å². The molecular weight excluding hydrogens is 574 g/mol. The Hall–Kier alpha value is -2.61. The number of halogens is 1. The van der Waals surface area contributed by atoms with Crippen molar-refractivity contribution in [1.82, 2.24) is 15.1 Å². The molecule has 2 saturated heterocycles. The first-order chi connectivity index (χ1) is 20.6. The number of hydrogen-bond acceptors (Lipinski definition) is 5. The van der Waals surface area contributed by atoms with Crippen LogP contribution >= 0.6 is 12.4 Å². The van der Waals surface area contributed by atoms with Crippen molar-refractivity contribution in [3.63, 3.8) is 0 Å². The van der Waals surface area contributed by atoms with Gasteiger partial charge in [-0.3, -0.25) is 14.5 Å². The lowest BCUT2D eigenvalue weighted by Crippen LogP contribution is -2.75. The van der Waals surface area contributed by atoms with Crippen molar-refractivity contribution < 1.29 is 19.4 Å². The Morgan fingerprint density at radius 2 is 1.55 bits per heavy atom. The smallest absolute Gasteiger partial charge is 0.248 e. The lowest BCUT2D eigenvalue weighted by atomic mass is 9.78. The zero-order valence-corrected chi connectivity index (χ0v) is 27.8. The number of carbonyl (C=O) groups is 2. The topological polar surface area (TPSA) is 82.1 Å². The van der Waals surface area contributed by atoms with Gasteiger partial charge in [0.15, 0.2) is 0 Å². The predicted molar refractivity (Wildman–Crippen MR) is 177 cm³/mol. The summed E-state index contributed by atoms with van der Waals surface area (Å²) in [4.78, 5) is 31.8. The average molecular weight is 626 g/mol. The summed E-state index contributed by atoms with van der Waals surface area (Å²) in [7, 11) is 0. The summed E-state index contributed by atoms with van der Waals surface area (Å²) in [5.41, 5.74) is 1.75. The number of carbonyl (C=O) groups excluding carboxylic acids is 2. The van der Waals surface area contributed by atoms with Gasteiger partial charge in [-0.15, -0.1) is 12.4 Å². The lowest BCUT2D eigenvalue weighted by molar-refractivity contribution is -0.166. The minimum absolute atomic E-state index is 0. The van der Waals surface area contributed by atoms with Crippen molar-refractivity contribution in [2.24, 2.45) is 5.92 Å². The first-order valence-corrected chi connectivity index (χ1v) is 16.5. The third-order valence-corrected chi connectivity index (χ3v) is 9.94. The number of benzene rings is 2. The minimum atomic E-state index is -0.828. The molecule has 3 aliphatic rings. The van der Waals surface area contributed by atoms with E-state index >= 15 is 0 Å². The molecule has 7 nitrogen and oxygen atoms in total. The molecule has 0 unspecified atom stereocenters. The van der Waals surface area contributed by atoms with Crippen molar-refractivity contribution in [2.75, 3.05) is 19.6 Å². The largest absolute Gasteiger partial charge is 0.457 e. The number of nitrogens with one attached hydrogen (secondary N) is 1. The van der Waals surface area contributed by atoms with E-state index in [1.807, 2.05) is 29.2 Å². The Morgan fingerprint density at radius 3 is 2.11 bits per heavy atom. The number of aliphatic hydroxyl groups excluding tert-OH is 1. The summed E-state index contributed by atoms with van der Waals surface area (Å²) in [5.74, 6) is 1.53. The number of rotatable bonds is 9. The summed E-state index contributed by atoms with van der Waals surface area (Å²) in [5, 5.41) is 14.2. The number of nitrogens with zero attached hydrogens (tertiary/aromatic N) is 2. The molecule has 2 aliphatic heterocycles. The van der Waals surface area contributed by atoms with Gasteiger partial charge in [-0.05, 0) is 78.8 Å². The van der Waals surface area contributed by atoms with E-state index in [2.05, 4.69) is 62.2 Å². The van der Waals surface area contributed by atoms with Gasteiger partial charge < -0.3 is 20.1 Å². The Bertz CT molecular complexity index is 1230. The molecule has 1 spiro atoms. The van der Waals surface area contributed by atoms with Crippen LogP contribution in [0.3, 0.4) is 0 Å². The van der Waals surface area contributed by atoms with Crippen molar-refractivity contribution in [2.45, 2.75) is 115 Å². The van der Waals surface area contributed by atoms with Gasteiger partial charge >= 0.3 is 0 Å². The molecule has 8 heteroatoms. The first-order valence-electron chi connectivity index (χ1n) is 16.5. The molecule has 1 saturated carbocycles. The first kappa shape index (κ1) is 34.3. The summed E-state index contributed by atoms with van der Waals surface area (Å²) >= 11 is 0. The van der Waals surface area contributed by atoms with Crippen LogP contribution in [0.5, 0.6) is 11.5 Å². The lowest BCUT2D eigenvalue weighted by Gasteiger charge is -2.52. The third-order valence-electron chi connectivity index (χ3n) is 9.94. The Morgan fingerprint density at radius 1 is 0.955 bits per heavy atom. The fraction of sp³-hybridized carbons (Fsp3) is 0.611. The standard InChI is InChI=1S/C36H51N3O4.ClH/c1-5-6-22-39-33(41)31(32(40)27-10-8-7-9-11-27)37-34(42)36(39)20-23-38(24-21-36)25-26-12-16-29(17-13-26)43-30-18-14-28(15-19-30)35(2,3)4;/h12-19,27,31-32,40H,5-11,20-25H2,1-4H3,(H,37,42);1H/t31-,32-;/m1./s1. The third kappa shape index (κ3) is 7.60. The number of piperidine rings is 1. The normalized spacial score (nSPS) is 21.9. The zero-order valence-electron chi connectivity index (χ0n) is 27.0. The molecule has 0 bridgehead atoms. The molecule has 3 fully saturated rings. The van der Waals surface area contributed by atoms with Crippen LogP contribution in [0, 0.1) is 5.92 Å². The molecule has 2 amide bonds. The summed E-state index contributed by atoms with van der Waals surface area (Å²) in [6, 6.07) is 15.7. The van der Waals surface area contributed by atoms with Crippen molar-refractivity contribution >= 4 is 24.2 Å². The number of amides is 2. The van der Waals surface area contributed by atoms with E-state index in [0.29, 0.717) is 19.4 Å². The van der Waals surface area contributed by atoms with Crippen LogP contribution in [0.4, 0.5) is 0 Å². The van der Waals surface area contributed by atoms with E-state index in [0.717, 1.165) is 69.7 Å². The van der Waals surface area contributed by atoms with Gasteiger partial charge in [0.05, 0.1) is 6.10 Å². The molecule has 0 radical (unpaired) electrons.